The highest BCUT2D eigenvalue weighted by Gasteiger charge is 2.15. The minimum Gasteiger partial charge on any atom is -0.383 e. The van der Waals surface area contributed by atoms with E-state index in [1.807, 2.05) is 0 Å². The lowest BCUT2D eigenvalue weighted by Gasteiger charge is -2.04. The second-order valence-electron chi connectivity index (χ2n) is 3.25. The lowest BCUT2D eigenvalue weighted by Crippen LogP contribution is -2.16. The van der Waals surface area contributed by atoms with Gasteiger partial charge in [0.2, 0.25) is 4.96 Å². The van der Waals surface area contributed by atoms with Gasteiger partial charge in [-0.25, -0.2) is 0 Å². The van der Waals surface area contributed by atoms with Crippen LogP contribution < -0.4 is 5.73 Å². The van der Waals surface area contributed by atoms with Crippen LogP contribution in [0.25, 0.3) is 4.96 Å². The van der Waals surface area contributed by atoms with Crippen LogP contribution in [0.2, 0.25) is 0 Å². The highest BCUT2D eigenvalue weighted by atomic mass is 32.1. The van der Waals surface area contributed by atoms with Gasteiger partial charge in [0.1, 0.15) is 11.6 Å². The monoisotopic (exact) mass is 243 g/mol. The third-order valence-electron chi connectivity index (χ3n) is 2.01. The molecule has 1 atom stereocenters. The maximum atomic E-state index is 5.88. The summed E-state index contributed by atoms with van der Waals surface area (Å²) in [5.74, 6) is 0.671. The minimum atomic E-state index is -0.230. The SMILES string of the molecule is COCc1nnc2sc(C(N)COC)nn12. The summed E-state index contributed by atoms with van der Waals surface area (Å²) in [6.45, 7) is 0.813. The maximum absolute atomic E-state index is 5.88. The molecule has 2 N–H and O–H groups in total. The van der Waals surface area contributed by atoms with Gasteiger partial charge in [-0.05, 0) is 0 Å². The molecule has 1 unspecified atom stereocenters. The zero-order valence-electron chi connectivity index (χ0n) is 9.08. The minimum absolute atomic E-state index is 0.230. The lowest BCUT2D eigenvalue weighted by atomic mass is 10.4. The molecule has 2 aromatic rings. The summed E-state index contributed by atoms with van der Waals surface area (Å²) in [6, 6.07) is -0.230. The molecule has 0 aliphatic rings. The second kappa shape index (κ2) is 4.83. The molecule has 88 valence electrons. The van der Waals surface area contributed by atoms with Gasteiger partial charge in [-0.1, -0.05) is 11.3 Å². The number of nitrogens with two attached hydrogens (primary N) is 1. The number of fused-ring (bicyclic) bond motifs is 1. The Kier molecular flexibility index (Phi) is 3.44. The summed E-state index contributed by atoms with van der Waals surface area (Å²) in [4.78, 5) is 0.716. The van der Waals surface area contributed by atoms with E-state index in [0.29, 0.717) is 24.0 Å². The summed E-state index contributed by atoms with van der Waals surface area (Å²) < 4.78 is 11.6. The van der Waals surface area contributed by atoms with Crippen LogP contribution in [0.1, 0.15) is 16.9 Å². The fourth-order valence-corrected chi connectivity index (χ4v) is 2.14. The van der Waals surface area contributed by atoms with Gasteiger partial charge in [0, 0.05) is 14.2 Å². The largest absolute Gasteiger partial charge is 0.383 e. The van der Waals surface area contributed by atoms with Gasteiger partial charge in [-0.15, -0.1) is 10.2 Å². The van der Waals surface area contributed by atoms with E-state index in [1.165, 1.54) is 11.3 Å². The van der Waals surface area contributed by atoms with Crippen LogP contribution in [-0.2, 0) is 16.1 Å². The van der Waals surface area contributed by atoms with Crippen LogP contribution in [-0.4, -0.2) is 40.6 Å². The van der Waals surface area contributed by atoms with Crippen molar-refractivity contribution in [3.8, 4) is 0 Å². The molecule has 0 saturated carbocycles. The van der Waals surface area contributed by atoms with Crippen molar-refractivity contribution in [2.24, 2.45) is 5.73 Å². The molecule has 0 fully saturated rings. The van der Waals surface area contributed by atoms with E-state index < -0.39 is 0 Å². The predicted octanol–water partition coefficient (Wildman–Crippen LogP) is -0.0216. The summed E-state index contributed by atoms with van der Waals surface area (Å²) >= 11 is 1.41. The molecule has 0 spiro atoms. The Balaban J connectivity index is 2.29. The molecule has 16 heavy (non-hydrogen) atoms. The number of aromatic nitrogens is 4. The maximum Gasteiger partial charge on any atom is 0.234 e. The van der Waals surface area contributed by atoms with E-state index >= 15 is 0 Å². The molecule has 2 rings (SSSR count). The summed E-state index contributed by atoms with van der Waals surface area (Å²) in [7, 11) is 3.21. The molecular formula is C8H13N5O2S. The molecule has 0 amide bonds. The molecule has 0 saturated heterocycles. The van der Waals surface area contributed by atoms with Crippen molar-refractivity contribution in [3.63, 3.8) is 0 Å². The molecule has 0 aliphatic heterocycles. The summed E-state index contributed by atoms with van der Waals surface area (Å²) in [6.07, 6.45) is 0. The quantitative estimate of drug-likeness (QED) is 0.794. The van der Waals surface area contributed by atoms with Gasteiger partial charge in [-0.2, -0.15) is 9.61 Å². The summed E-state index contributed by atoms with van der Waals surface area (Å²) in [5.41, 5.74) is 5.88. The molecular weight excluding hydrogens is 230 g/mol. The van der Waals surface area contributed by atoms with Crippen LogP contribution in [0.5, 0.6) is 0 Å². The van der Waals surface area contributed by atoms with E-state index in [4.69, 9.17) is 15.2 Å². The van der Waals surface area contributed by atoms with Crippen molar-refractivity contribution in [1.82, 2.24) is 19.8 Å². The van der Waals surface area contributed by atoms with Crippen LogP contribution in [0.4, 0.5) is 0 Å². The van der Waals surface area contributed by atoms with Gasteiger partial charge in [0.05, 0.1) is 12.6 Å². The van der Waals surface area contributed by atoms with E-state index in [-0.39, 0.29) is 6.04 Å². The fourth-order valence-electron chi connectivity index (χ4n) is 1.29. The number of ether oxygens (including phenoxy) is 2. The molecule has 7 nitrogen and oxygen atoms in total. The number of hydrogen-bond acceptors (Lipinski definition) is 7. The van der Waals surface area contributed by atoms with Crippen LogP contribution in [0, 0.1) is 0 Å². The number of hydrogen-bond donors (Lipinski definition) is 1. The Bertz CT molecular complexity index is 468. The van der Waals surface area contributed by atoms with Crippen LogP contribution in [0.15, 0.2) is 0 Å². The first-order chi connectivity index (χ1) is 7.76. The Morgan fingerprint density at radius 3 is 2.88 bits per heavy atom. The third kappa shape index (κ3) is 2.05. The van der Waals surface area contributed by atoms with Crippen molar-refractivity contribution in [1.29, 1.82) is 0 Å². The van der Waals surface area contributed by atoms with Crippen molar-refractivity contribution in [2.75, 3.05) is 20.8 Å². The molecule has 0 aliphatic carbocycles. The Morgan fingerprint density at radius 2 is 2.19 bits per heavy atom. The van der Waals surface area contributed by atoms with E-state index in [9.17, 15) is 0 Å². The van der Waals surface area contributed by atoms with E-state index in [2.05, 4.69) is 15.3 Å². The normalized spacial score (nSPS) is 13.4. The standard InChI is InChI=1S/C8H13N5O2S/c1-14-3-5(9)7-12-13-6(4-15-2)10-11-8(13)16-7/h5H,3-4,9H2,1-2H3. The zero-order chi connectivity index (χ0) is 11.5. The highest BCUT2D eigenvalue weighted by molar-refractivity contribution is 7.16. The first-order valence-corrected chi connectivity index (χ1v) is 5.52. The molecule has 2 aromatic heterocycles. The van der Waals surface area contributed by atoms with Gasteiger partial charge in [0.15, 0.2) is 5.82 Å². The zero-order valence-corrected chi connectivity index (χ0v) is 9.90. The van der Waals surface area contributed by atoms with Crippen molar-refractivity contribution in [2.45, 2.75) is 12.6 Å². The van der Waals surface area contributed by atoms with Crippen molar-refractivity contribution in [3.05, 3.63) is 10.8 Å². The van der Waals surface area contributed by atoms with Gasteiger partial charge >= 0.3 is 0 Å². The summed E-state index contributed by atoms with van der Waals surface area (Å²) in [5, 5.41) is 13.1. The van der Waals surface area contributed by atoms with Crippen LogP contribution >= 0.6 is 11.3 Å². The number of nitrogens with zero attached hydrogens (tertiary/aromatic N) is 4. The smallest absolute Gasteiger partial charge is 0.234 e. The molecule has 8 heteroatoms. The molecule has 0 radical (unpaired) electrons. The molecule has 0 bridgehead atoms. The Labute approximate surface area is 96.2 Å². The Morgan fingerprint density at radius 1 is 1.38 bits per heavy atom. The second-order valence-corrected chi connectivity index (χ2v) is 4.23. The van der Waals surface area contributed by atoms with Crippen molar-refractivity contribution < 1.29 is 9.47 Å². The average molecular weight is 243 g/mol. The average Bonchev–Trinajstić information content (AvgIpc) is 2.81. The number of rotatable bonds is 5. The first-order valence-electron chi connectivity index (χ1n) is 4.70. The van der Waals surface area contributed by atoms with Gasteiger partial charge in [0.25, 0.3) is 0 Å². The first kappa shape index (κ1) is 11.4. The highest BCUT2D eigenvalue weighted by Crippen LogP contribution is 2.19. The van der Waals surface area contributed by atoms with E-state index in [0.717, 1.165) is 5.01 Å². The Hall–Kier alpha value is -1.09. The van der Waals surface area contributed by atoms with Crippen molar-refractivity contribution >= 4 is 16.3 Å². The van der Waals surface area contributed by atoms with Gasteiger partial charge in [-0.3, -0.25) is 0 Å². The molecule has 2 heterocycles. The van der Waals surface area contributed by atoms with Crippen LogP contribution in [0.3, 0.4) is 0 Å². The lowest BCUT2D eigenvalue weighted by molar-refractivity contribution is 0.175. The topological polar surface area (TPSA) is 87.6 Å². The number of methoxy groups -OCH3 is 2. The predicted molar refractivity (Wildman–Crippen MR) is 58.2 cm³/mol. The molecule has 0 aromatic carbocycles. The van der Waals surface area contributed by atoms with E-state index in [1.54, 1.807) is 18.7 Å². The third-order valence-corrected chi connectivity index (χ3v) is 3.04. The fraction of sp³-hybridized carbons (Fsp3) is 0.625. The van der Waals surface area contributed by atoms with Gasteiger partial charge < -0.3 is 15.2 Å².